The van der Waals surface area contributed by atoms with Crippen LogP contribution in [0.15, 0.2) is 46.2 Å². The maximum Gasteiger partial charge on any atom is 0.271 e. The van der Waals surface area contributed by atoms with E-state index in [0.29, 0.717) is 27.9 Å². The highest BCUT2D eigenvalue weighted by Crippen LogP contribution is 2.15. The van der Waals surface area contributed by atoms with Crippen LogP contribution in [0.4, 0.5) is 0 Å². The van der Waals surface area contributed by atoms with Crippen LogP contribution in [0, 0.1) is 0 Å². The third-order valence-electron chi connectivity index (χ3n) is 3.10. The van der Waals surface area contributed by atoms with Gasteiger partial charge in [-0.2, -0.15) is 4.98 Å². The quantitative estimate of drug-likeness (QED) is 0.530. The van der Waals surface area contributed by atoms with Crippen molar-refractivity contribution in [1.82, 2.24) is 29.1 Å². The Morgan fingerprint density at radius 3 is 3.18 bits per heavy atom. The van der Waals surface area contributed by atoms with Gasteiger partial charge >= 0.3 is 0 Å². The summed E-state index contributed by atoms with van der Waals surface area (Å²) in [6.07, 6.45) is 5.08. The molecule has 0 spiro atoms. The molecule has 110 valence electrons. The van der Waals surface area contributed by atoms with Crippen molar-refractivity contribution in [3.63, 3.8) is 0 Å². The number of fused-ring (bicyclic) bond motifs is 2. The summed E-state index contributed by atoms with van der Waals surface area (Å²) in [6, 6.07) is 3.66. The maximum absolute atomic E-state index is 12.3. The first-order valence-electron chi connectivity index (χ1n) is 6.54. The molecule has 0 aliphatic carbocycles. The second-order valence-corrected chi connectivity index (χ2v) is 6.46. The first kappa shape index (κ1) is 13.4. The van der Waals surface area contributed by atoms with Gasteiger partial charge in [-0.15, -0.1) is 16.4 Å². The molecule has 0 aliphatic heterocycles. The van der Waals surface area contributed by atoms with Crippen molar-refractivity contribution in [1.29, 1.82) is 0 Å². The molecule has 0 unspecified atom stereocenters. The fraction of sp³-hybridized carbons (Fsp3) is 0.154. The number of nitrogens with zero attached hydrogens (tertiary/aromatic N) is 6. The zero-order chi connectivity index (χ0) is 14.9. The Balaban J connectivity index is 1.49. The monoisotopic (exact) mass is 330 g/mol. The lowest BCUT2D eigenvalue weighted by Crippen LogP contribution is -2.20. The molecule has 4 heterocycles. The summed E-state index contributed by atoms with van der Waals surface area (Å²) in [5, 5.41) is 6.84. The molecular formula is C13H10N6OS2. The van der Waals surface area contributed by atoms with Gasteiger partial charge in [-0.25, -0.2) is 14.5 Å². The third-order valence-corrected chi connectivity index (χ3v) is 4.81. The van der Waals surface area contributed by atoms with E-state index in [4.69, 9.17) is 0 Å². The molecule has 4 aromatic rings. The van der Waals surface area contributed by atoms with Crippen LogP contribution in [0.25, 0.3) is 16.0 Å². The molecule has 0 radical (unpaired) electrons. The first-order valence-corrected chi connectivity index (χ1v) is 8.40. The minimum absolute atomic E-state index is 0.00484. The van der Waals surface area contributed by atoms with Crippen LogP contribution in [0.2, 0.25) is 0 Å². The van der Waals surface area contributed by atoms with Crippen molar-refractivity contribution >= 4 is 39.1 Å². The van der Waals surface area contributed by atoms with E-state index >= 15 is 0 Å². The second-order valence-electron chi connectivity index (χ2n) is 4.49. The lowest BCUT2D eigenvalue weighted by Gasteiger charge is -2.03. The van der Waals surface area contributed by atoms with Gasteiger partial charge in [0.15, 0.2) is 0 Å². The number of hydrogen-bond donors (Lipinski definition) is 0. The highest BCUT2D eigenvalue weighted by molar-refractivity contribution is 7.99. The summed E-state index contributed by atoms with van der Waals surface area (Å²) >= 11 is 2.91. The number of thiophene rings is 1. The fourth-order valence-corrected chi connectivity index (χ4v) is 3.60. The Kier molecular flexibility index (Phi) is 3.35. The highest BCUT2D eigenvalue weighted by Gasteiger charge is 2.07. The van der Waals surface area contributed by atoms with Crippen LogP contribution in [-0.2, 0) is 6.54 Å². The zero-order valence-corrected chi connectivity index (χ0v) is 12.9. The van der Waals surface area contributed by atoms with Gasteiger partial charge in [0, 0.05) is 24.7 Å². The molecule has 0 N–H and O–H groups in total. The first-order chi connectivity index (χ1) is 10.8. The molecule has 7 nitrogen and oxygen atoms in total. The van der Waals surface area contributed by atoms with Gasteiger partial charge in [-0.05, 0) is 17.5 Å². The van der Waals surface area contributed by atoms with E-state index in [9.17, 15) is 4.79 Å². The van der Waals surface area contributed by atoms with Crippen LogP contribution in [0.1, 0.15) is 0 Å². The average Bonchev–Trinajstić information content (AvgIpc) is 3.15. The number of aromatic nitrogens is 6. The normalized spacial score (nSPS) is 11.5. The standard InChI is InChI=1S/C13H10N6OS2/c20-11-10-9(2-6-21-10)15-8-18(11)5-7-22-13-16-12-14-3-1-4-19(12)17-13/h1-4,6,8H,5,7H2. The molecule has 4 aromatic heterocycles. The molecular weight excluding hydrogens is 320 g/mol. The third kappa shape index (κ3) is 2.38. The van der Waals surface area contributed by atoms with Crippen LogP contribution < -0.4 is 5.56 Å². The molecule has 0 saturated heterocycles. The fourth-order valence-electron chi connectivity index (χ4n) is 2.05. The van der Waals surface area contributed by atoms with E-state index in [0.717, 1.165) is 5.52 Å². The minimum atomic E-state index is 0.00484. The van der Waals surface area contributed by atoms with Crippen molar-refractivity contribution in [2.24, 2.45) is 0 Å². The van der Waals surface area contributed by atoms with E-state index in [1.54, 1.807) is 33.9 Å². The number of rotatable bonds is 4. The highest BCUT2D eigenvalue weighted by atomic mass is 32.2. The van der Waals surface area contributed by atoms with E-state index in [2.05, 4.69) is 20.1 Å². The van der Waals surface area contributed by atoms with Crippen molar-refractivity contribution in [3.05, 3.63) is 46.6 Å². The Hall–Kier alpha value is -2.26. The van der Waals surface area contributed by atoms with Crippen LogP contribution in [-0.4, -0.2) is 34.9 Å². The summed E-state index contributed by atoms with van der Waals surface area (Å²) in [4.78, 5) is 25.0. The average molecular weight is 330 g/mol. The van der Waals surface area contributed by atoms with E-state index in [1.165, 1.54) is 23.1 Å². The van der Waals surface area contributed by atoms with E-state index < -0.39 is 0 Å². The van der Waals surface area contributed by atoms with Gasteiger partial charge in [0.25, 0.3) is 11.3 Å². The summed E-state index contributed by atoms with van der Waals surface area (Å²) in [5.74, 6) is 1.26. The van der Waals surface area contributed by atoms with Crippen molar-refractivity contribution in [2.45, 2.75) is 11.7 Å². The Morgan fingerprint density at radius 1 is 1.32 bits per heavy atom. The van der Waals surface area contributed by atoms with Gasteiger partial charge < -0.3 is 0 Å². The largest absolute Gasteiger partial charge is 0.297 e. The second kappa shape index (κ2) is 5.50. The molecule has 0 bridgehead atoms. The molecule has 22 heavy (non-hydrogen) atoms. The smallest absolute Gasteiger partial charge is 0.271 e. The number of hydrogen-bond acceptors (Lipinski definition) is 7. The maximum atomic E-state index is 12.3. The zero-order valence-electron chi connectivity index (χ0n) is 11.3. The van der Waals surface area contributed by atoms with Gasteiger partial charge in [0.2, 0.25) is 5.16 Å². The van der Waals surface area contributed by atoms with Crippen LogP contribution >= 0.6 is 23.1 Å². The Labute approximate surface area is 132 Å². The molecule has 0 saturated carbocycles. The Bertz CT molecular complexity index is 971. The van der Waals surface area contributed by atoms with Gasteiger partial charge in [0.05, 0.1) is 11.8 Å². The number of thioether (sulfide) groups is 1. The summed E-state index contributed by atoms with van der Waals surface area (Å²) in [7, 11) is 0. The van der Waals surface area contributed by atoms with Gasteiger partial charge in [-0.1, -0.05) is 11.8 Å². The topological polar surface area (TPSA) is 78.0 Å². The van der Waals surface area contributed by atoms with Crippen molar-refractivity contribution < 1.29 is 0 Å². The van der Waals surface area contributed by atoms with Gasteiger partial charge in [0.1, 0.15) is 4.70 Å². The molecule has 0 fully saturated rings. The van der Waals surface area contributed by atoms with Gasteiger partial charge in [-0.3, -0.25) is 9.36 Å². The molecule has 0 atom stereocenters. The predicted molar refractivity (Wildman–Crippen MR) is 85.4 cm³/mol. The number of aryl methyl sites for hydroxylation is 1. The Morgan fingerprint density at radius 2 is 2.27 bits per heavy atom. The summed E-state index contributed by atoms with van der Waals surface area (Å²) in [5.41, 5.74) is 0.761. The summed E-state index contributed by atoms with van der Waals surface area (Å²) in [6.45, 7) is 0.563. The molecule has 0 amide bonds. The van der Waals surface area contributed by atoms with Crippen LogP contribution in [0.5, 0.6) is 0 Å². The summed E-state index contributed by atoms with van der Waals surface area (Å²) < 4.78 is 3.95. The lowest BCUT2D eigenvalue weighted by atomic mass is 10.5. The molecule has 0 aromatic carbocycles. The van der Waals surface area contributed by atoms with E-state index in [1.807, 2.05) is 11.4 Å². The van der Waals surface area contributed by atoms with Crippen LogP contribution in [0.3, 0.4) is 0 Å². The molecule has 4 rings (SSSR count). The van der Waals surface area contributed by atoms with E-state index in [-0.39, 0.29) is 5.56 Å². The van der Waals surface area contributed by atoms with Crippen molar-refractivity contribution in [3.8, 4) is 0 Å². The molecule has 9 heteroatoms. The molecule has 0 aliphatic rings. The minimum Gasteiger partial charge on any atom is -0.297 e. The SMILES string of the molecule is O=c1c2sccc2ncn1CCSc1nc2ncccn2n1. The van der Waals surface area contributed by atoms with Crippen molar-refractivity contribution in [2.75, 3.05) is 5.75 Å². The lowest BCUT2D eigenvalue weighted by molar-refractivity contribution is 0.725. The predicted octanol–water partition coefficient (Wildman–Crippen LogP) is 1.69.